The average molecular weight is 569 g/mol. The Kier molecular flexibility index (Phi) is 10.4. The fourth-order valence-corrected chi connectivity index (χ4v) is 5.44. The number of nitrogens with one attached hydrogen (secondary N) is 1. The van der Waals surface area contributed by atoms with Gasteiger partial charge in [0.25, 0.3) is 0 Å². The van der Waals surface area contributed by atoms with Gasteiger partial charge in [-0.25, -0.2) is 8.70 Å². The molecule has 0 aliphatic heterocycles. The lowest BCUT2D eigenvalue weighted by atomic mass is 10.0. The molecule has 40 heavy (non-hydrogen) atoms. The maximum Gasteiger partial charge on any atom is 0.304 e. The van der Waals surface area contributed by atoms with Gasteiger partial charge in [-0.1, -0.05) is 54.6 Å². The zero-order valence-corrected chi connectivity index (χ0v) is 24.4. The van der Waals surface area contributed by atoms with Crippen molar-refractivity contribution in [2.24, 2.45) is 0 Å². The van der Waals surface area contributed by atoms with Crippen LogP contribution in [-0.4, -0.2) is 62.7 Å². The molecule has 3 rings (SSSR count). The molecule has 8 nitrogen and oxygen atoms in total. The Bertz CT molecular complexity index is 1410. The summed E-state index contributed by atoms with van der Waals surface area (Å²) < 4.78 is 42.8. The number of nitrogens with zero attached hydrogens (tertiary/aromatic N) is 3. The lowest BCUT2D eigenvalue weighted by Gasteiger charge is -2.34. The van der Waals surface area contributed by atoms with Crippen molar-refractivity contribution in [3.8, 4) is 0 Å². The third-order valence-corrected chi connectivity index (χ3v) is 8.35. The van der Waals surface area contributed by atoms with Gasteiger partial charge in [-0.05, 0) is 61.2 Å². The number of aryl methyl sites for hydroxylation is 2. The maximum absolute atomic E-state index is 14.2. The second-order valence-corrected chi connectivity index (χ2v) is 11.9. The number of carbonyl (C=O) groups excluding carboxylic acids is 2. The van der Waals surface area contributed by atoms with Crippen molar-refractivity contribution in [3.05, 3.63) is 101 Å². The molecule has 0 unspecified atom stereocenters. The van der Waals surface area contributed by atoms with E-state index in [0.717, 1.165) is 19.7 Å². The SMILES string of the molecule is CCNC(=O)[C@H](Cc1ccccc1)N(Cc1ccc(F)cc1)C(=O)CN(c1cc(C)ccc1C)S(=O)(=O)N(C)C. The third-order valence-electron chi connectivity index (χ3n) is 6.54. The monoisotopic (exact) mass is 568 g/mol. The van der Waals surface area contributed by atoms with E-state index in [0.29, 0.717) is 23.4 Å². The first-order valence-corrected chi connectivity index (χ1v) is 14.5. The van der Waals surface area contributed by atoms with Crippen LogP contribution in [0.25, 0.3) is 0 Å². The molecule has 3 aromatic carbocycles. The lowest BCUT2D eigenvalue weighted by Crippen LogP contribution is -2.54. The zero-order valence-electron chi connectivity index (χ0n) is 23.6. The van der Waals surface area contributed by atoms with Crippen LogP contribution in [0.5, 0.6) is 0 Å². The topological polar surface area (TPSA) is 90.0 Å². The second-order valence-electron chi connectivity index (χ2n) is 9.83. The molecule has 0 heterocycles. The molecule has 0 aromatic heterocycles. The Balaban J connectivity index is 2.11. The van der Waals surface area contributed by atoms with Crippen LogP contribution in [0.15, 0.2) is 72.8 Å². The van der Waals surface area contributed by atoms with Crippen LogP contribution in [0.3, 0.4) is 0 Å². The summed E-state index contributed by atoms with van der Waals surface area (Å²) in [5.41, 5.74) is 3.33. The Hall–Kier alpha value is -3.76. The number of anilines is 1. The molecule has 214 valence electrons. The van der Waals surface area contributed by atoms with Gasteiger partial charge >= 0.3 is 10.2 Å². The number of hydrogen-bond donors (Lipinski definition) is 1. The molecule has 1 N–H and O–H groups in total. The Labute approximate surface area is 236 Å². The van der Waals surface area contributed by atoms with E-state index in [4.69, 9.17) is 0 Å². The Morgan fingerprint density at radius 3 is 2.17 bits per heavy atom. The standard InChI is InChI=1S/C30H37FN4O4S/c1-6-32-30(37)28(19-24-10-8-7-9-11-24)34(20-25-14-16-26(31)17-15-25)29(36)21-35(40(38,39)33(4)5)27-18-22(2)12-13-23(27)3/h7-18,28H,6,19-21H2,1-5H3,(H,32,37)/t28-/m0/s1. The predicted molar refractivity (Wildman–Crippen MR) is 155 cm³/mol. The summed E-state index contributed by atoms with van der Waals surface area (Å²) in [7, 11) is -1.28. The molecule has 0 aliphatic carbocycles. The number of rotatable bonds is 12. The molecule has 0 saturated carbocycles. The Morgan fingerprint density at radius 1 is 0.925 bits per heavy atom. The minimum Gasteiger partial charge on any atom is -0.355 e. The first-order chi connectivity index (χ1) is 18.9. The number of amides is 2. The Morgan fingerprint density at radius 2 is 1.57 bits per heavy atom. The van der Waals surface area contributed by atoms with Crippen LogP contribution >= 0.6 is 0 Å². The van der Waals surface area contributed by atoms with Crippen LogP contribution in [0.4, 0.5) is 10.1 Å². The van der Waals surface area contributed by atoms with Gasteiger partial charge in [0.2, 0.25) is 11.8 Å². The number of carbonyl (C=O) groups is 2. The van der Waals surface area contributed by atoms with Gasteiger partial charge in [0, 0.05) is 33.6 Å². The van der Waals surface area contributed by atoms with Gasteiger partial charge in [-0.15, -0.1) is 0 Å². The highest BCUT2D eigenvalue weighted by Crippen LogP contribution is 2.26. The largest absolute Gasteiger partial charge is 0.355 e. The highest BCUT2D eigenvalue weighted by Gasteiger charge is 2.35. The van der Waals surface area contributed by atoms with E-state index in [-0.39, 0.29) is 18.9 Å². The van der Waals surface area contributed by atoms with E-state index in [1.54, 1.807) is 38.1 Å². The summed E-state index contributed by atoms with van der Waals surface area (Å²) in [4.78, 5) is 28.9. The molecule has 2 amide bonds. The van der Waals surface area contributed by atoms with Crippen molar-refractivity contribution in [1.29, 1.82) is 0 Å². The summed E-state index contributed by atoms with van der Waals surface area (Å²) in [5.74, 6) is -1.36. The van der Waals surface area contributed by atoms with E-state index < -0.39 is 34.5 Å². The van der Waals surface area contributed by atoms with E-state index in [1.807, 2.05) is 43.3 Å². The van der Waals surface area contributed by atoms with E-state index in [2.05, 4.69) is 5.32 Å². The lowest BCUT2D eigenvalue weighted by molar-refractivity contribution is -0.140. The average Bonchev–Trinajstić information content (AvgIpc) is 2.92. The molecule has 0 radical (unpaired) electrons. The van der Waals surface area contributed by atoms with Gasteiger partial charge < -0.3 is 10.2 Å². The van der Waals surface area contributed by atoms with Gasteiger partial charge in [-0.2, -0.15) is 12.7 Å². The predicted octanol–water partition coefficient (Wildman–Crippen LogP) is 3.83. The van der Waals surface area contributed by atoms with Crippen LogP contribution in [0.2, 0.25) is 0 Å². The summed E-state index contributed by atoms with van der Waals surface area (Å²) in [6, 6.07) is 19.4. The van der Waals surface area contributed by atoms with Crippen molar-refractivity contribution < 1.29 is 22.4 Å². The van der Waals surface area contributed by atoms with Gasteiger partial charge in [0.05, 0.1) is 5.69 Å². The summed E-state index contributed by atoms with van der Waals surface area (Å²) >= 11 is 0. The number of halogens is 1. The molecule has 3 aromatic rings. The summed E-state index contributed by atoms with van der Waals surface area (Å²) in [5, 5.41) is 2.81. The fourth-order valence-electron chi connectivity index (χ4n) is 4.32. The van der Waals surface area contributed by atoms with Gasteiger partial charge in [-0.3, -0.25) is 9.59 Å². The first kappa shape index (κ1) is 30.8. The van der Waals surface area contributed by atoms with E-state index in [9.17, 15) is 22.4 Å². The van der Waals surface area contributed by atoms with Crippen molar-refractivity contribution in [3.63, 3.8) is 0 Å². The summed E-state index contributed by atoms with van der Waals surface area (Å²) in [6.07, 6.45) is 0.212. The van der Waals surface area contributed by atoms with Crippen molar-refractivity contribution in [2.45, 2.75) is 39.8 Å². The highest BCUT2D eigenvalue weighted by molar-refractivity contribution is 7.90. The number of hydrogen-bond acceptors (Lipinski definition) is 4. The minimum atomic E-state index is -4.08. The number of likely N-dealkylation sites (N-methyl/N-ethyl adjacent to an activating group) is 1. The normalized spacial score (nSPS) is 12.2. The minimum absolute atomic E-state index is 0.0175. The van der Waals surface area contributed by atoms with Crippen LogP contribution in [0, 0.1) is 19.7 Å². The molecular weight excluding hydrogens is 531 g/mol. The zero-order chi connectivity index (χ0) is 29.4. The second kappa shape index (κ2) is 13.5. The maximum atomic E-state index is 14.2. The smallest absolute Gasteiger partial charge is 0.304 e. The molecule has 10 heteroatoms. The summed E-state index contributed by atoms with van der Waals surface area (Å²) in [6.45, 7) is 5.21. The van der Waals surface area contributed by atoms with Gasteiger partial charge in [0.15, 0.2) is 0 Å². The van der Waals surface area contributed by atoms with Crippen molar-refractivity contribution in [2.75, 3.05) is 31.5 Å². The van der Waals surface area contributed by atoms with E-state index >= 15 is 0 Å². The molecule has 0 bridgehead atoms. The molecule has 0 aliphatic rings. The van der Waals surface area contributed by atoms with Crippen molar-refractivity contribution in [1.82, 2.24) is 14.5 Å². The number of benzene rings is 3. The van der Waals surface area contributed by atoms with Crippen LogP contribution < -0.4 is 9.62 Å². The first-order valence-electron chi connectivity index (χ1n) is 13.1. The fraction of sp³-hybridized carbons (Fsp3) is 0.333. The molecular formula is C30H37FN4O4S. The molecule has 0 fully saturated rings. The molecule has 1 atom stereocenters. The quantitative estimate of drug-likeness (QED) is 0.360. The van der Waals surface area contributed by atoms with E-state index in [1.165, 1.54) is 31.1 Å². The van der Waals surface area contributed by atoms with Gasteiger partial charge in [0.1, 0.15) is 18.4 Å². The third kappa shape index (κ3) is 7.67. The van der Waals surface area contributed by atoms with Crippen LogP contribution in [0.1, 0.15) is 29.2 Å². The highest BCUT2D eigenvalue weighted by atomic mass is 32.2. The molecule has 0 spiro atoms. The van der Waals surface area contributed by atoms with Crippen molar-refractivity contribution >= 4 is 27.7 Å². The molecule has 0 saturated heterocycles. The van der Waals surface area contributed by atoms with Crippen LogP contribution in [-0.2, 0) is 32.8 Å².